The van der Waals surface area contributed by atoms with Crippen LogP contribution in [0, 0.1) is 0 Å². The smallest absolute Gasteiger partial charge is 0.790 e. The molecule has 1 aromatic heterocycles. The molecule has 1 aromatic rings. The zero-order chi connectivity index (χ0) is 21.1. The summed E-state index contributed by atoms with van der Waals surface area (Å²) < 4.78 is 40.9. The molecule has 2 rings (SSSR count). The van der Waals surface area contributed by atoms with Gasteiger partial charge >= 0.3 is 94.4 Å². The zero-order valence-corrected chi connectivity index (χ0v) is 24.7. The third-order valence-electron chi connectivity index (χ3n) is 3.44. The van der Waals surface area contributed by atoms with E-state index >= 15 is 0 Å². The van der Waals surface area contributed by atoms with Gasteiger partial charge in [-0.3, -0.25) is 23.2 Å². The van der Waals surface area contributed by atoms with Gasteiger partial charge in [-0.15, -0.1) is 6.58 Å². The third-order valence-corrected chi connectivity index (χ3v) is 5.51. The van der Waals surface area contributed by atoms with E-state index < -0.39 is 58.0 Å². The second-order valence-corrected chi connectivity index (χ2v) is 8.13. The second-order valence-electron chi connectivity index (χ2n) is 5.43. The van der Waals surface area contributed by atoms with E-state index in [2.05, 4.69) is 15.4 Å². The van der Waals surface area contributed by atoms with Crippen molar-refractivity contribution in [2.24, 2.45) is 0 Å². The monoisotopic (exact) mass is 510 g/mol. The van der Waals surface area contributed by atoms with Crippen LogP contribution in [0.5, 0.6) is 0 Å². The number of phosphoric acid groups is 2. The molecule has 14 nitrogen and oxygen atoms in total. The summed E-state index contributed by atoms with van der Waals surface area (Å²) in [4.78, 5) is 57.3. The van der Waals surface area contributed by atoms with Crippen molar-refractivity contribution >= 4 is 15.6 Å². The van der Waals surface area contributed by atoms with Crippen LogP contribution in [0.15, 0.2) is 34.5 Å². The summed E-state index contributed by atoms with van der Waals surface area (Å²) in [6.45, 7) is 2.40. The van der Waals surface area contributed by atoms with Crippen molar-refractivity contribution in [1.29, 1.82) is 0 Å². The van der Waals surface area contributed by atoms with Gasteiger partial charge in [0.05, 0.1) is 21.0 Å². The molecule has 0 saturated carbocycles. The third kappa shape index (κ3) is 10.8. The molecular formula is C12H15N2Na3O12P2. The maximum atomic E-state index is 12.0. The SMILES string of the molecule is C=CCO[C@H]1[C@H](O)[C@@H](COP(=O)([O-])OP(=O)([O-])[O-])O[C@H]1n1ccc(=O)[nH]c1=O.[Na+].[Na+].[Na+]. The normalized spacial score (nSPS) is 24.8. The Morgan fingerprint density at radius 3 is 2.39 bits per heavy atom. The average Bonchev–Trinajstić information content (AvgIpc) is 2.85. The van der Waals surface area contributed by atoms with E-state index in [9.17, 15) is 38.5 Å². The summed E-state index contributed by atoms with van der Waals surface area (Å²) in [5.74, 6) is 0. The van der Waals surface area contributed by atoms with Crippen LogP contribution in [-0.4, -0.2) is 46.2 Å². The van der Waals surface area contributed by atoms with Crippen LogP contribution in [0.2, 0.25) is 0 Å². The van der Waals surface area contributed by atoms with Crippen molar-refractivity contribution in [3.63, 3.8) is 0 Å². The van der Waals surface area contributed by atoms with Gasteiger partial charge in [0.1, 0.15) is 18.3 Å². The van der Waals surface area contributed by atoms with Crippen LogP contribution < -0.4 is 115 Å². The molecule has 1 unspecified atom stereocenters. The number of hydrogen-bond acceptors (Lipinski definition) is 12. The van der Waals surface area contributed by atoms with Crippen LogP contribution in [-0.2, 0) is 27.4 Å². The number of aliphatic hydroxyl groups is 1. The van der Waals surface area contributed by atoms with Gasteiger partial charge in [0, 0.05) is 12.3 Å². The molecule has 0 bridgehead atoms. The van der Waals surface area contributed by atoms with Gasteiger partial charge in [-0.1, -0.05) is 6.08 Å². The standard InChI is InChI=1S/C12H18N2O12P2.3Na/c1-2-5-23-10-9(16)7(6-24-28(21,22)26-27(18,19)20)25-11(10)14-4-3-8(15)13-12(14)17;;;/h2-4,7,9-11,16H,1,5-6H2,(H,21,22)(H,13,15,17)(H2,18,19,20);;;/q;3*+1/p-3/t7-,9-,10+,11-;;;/m1.../s1. The molecule has 1 saturated heterocycles. The van der Waals surface area contributed by atoms with Gasteiger partial charge in [-0.2, -0.15) is 0 Å². The Morgan fingerprint density at radius 2 is 1.87 bits per heavy atom. The van der Waals surface area contributed by atoms with E-state index in [1.807, 2.05) is 4.98 Å². The van der Waals surface area contributed by atoms with Crippen molar-refractivity contribution < 1.29 is 136 Å². The molecule has 1 aliphatic heterocycles. The number of aromatic amines is 1. The first-order valence-corrected chi connectivity index (χ1v) is 10.4. The number of rotatable bonds is 9. The summed E-state index contributed by atoms with van der Waals surface area (Å²) in [5.41, 5.74) is -1.58. The number of aromatic nitrogens is 2. The Hall–Kier alpha value is 1.56. The fourth-order valence-electron chi connectivity index (χ4n) is 2.38. The van der Waals surface area contributed by atoms with Crippen LogP contribution in [0.3, 0.4) is 0 Å². The minimum atomic E-state index is -5.88. The summed E-state index contributed by atoms with van der Waals surface area (Å²) >= 11 is 0. The van der Waals surface area contributed by atoms with Gasteiger partial charge in [-0.05, 0) is 0 Å². The molecule has 0 radical (unpaired) electrons. The minimum absolute atomic E-state index is 0. The predicted molar refractivity (Wildman–Crippen MR) is 83.4 cm³/mol. The minimum Gasteiger partial charge on any atom is -0.790 e. The first-order valence-electron chi connectivity index (χ1n) is 7.50. The predicted octanol–water partition coefficient (Wildman–Crippen LogP) is -12.3. The molecule has 0 spiro atoms. The van der Waals surface area contributed by atoms with Gasteiger partial charge in [0.15, 0.2) is 6.23 Å². The number of hydrogen-bond donors (Lipinski definition) is 2. The fraction of sp³-hybridized carbons (Fsp3) is 0.500. The Labute approximate surface area is 242 Å². The Morgan fingerprint density at radius 1 is 1.26 bits per heavy atom. The molecule has 158 valence electrons. The molecule has 1 fully saturated rings. The van der Waals surface area contributed by atoms with Crippen LogP contribution >= 0.6 is 15.6 Å². The van der Waals surface area contributed by atoms with Gasteiger partial charge in [0.25, 0.3) is 13.4 Å². The number of nitrogens with one attached hydrogen (secondary N) is 1. The topological polar surface area (TPSA) is 215 Å². The number of ether oxygens (including phenoxy) is 2. The van der Waals surface area contributed by atoms with Crippen LogP contribution in [0.25, 0.3) is 0 Å². The second kappa shape index (κ2) is 14.8. The summed E-state index contributed by atoms with van der Waals surface area (Å²) in [6, 6.07) is 1.01. The van der Waals surface area contributed by atoms with Gasteiger partial charge in [-0.25, -0.2) is 4.79 Å². The van der Waals surface area contributed by atoms with E-state index in [0.717, 1.165) is 16.8 Å². The molecule has 2 N–H and O–H groups in total. The van der Waals surface area contributed by atoms with Crippen molar-refractivity contribution in [3.05, 3.63) is 45.8 Å². The van der Waals surface area contributed by atoms with Crippen LogP contribution in [0.4, 0.5) is 0 Å². The molecule has 5 atom stereocenters. The number of nitrogens with zero attached hydrogens (tertiary/aromatic N) is 1. The van der Waals surface area contributed by atoms with Crippen molar-refractivity contribution in [2.75, 3.05) is 13.2 Å². The molecule has 0 amide bonds. The Bertz CT molecular complexity index is 921. The summed E-state index contributed by atoms with van der Waals surface area (Å²) in [5, 5.41) is 10.3. The zero-order valence-electron chi connectivity index (χ0n) is 16.9. The van der Waals surface area contributed by atoms with E-state index in [0.29, 0.717) is 0 Å². The van der Waals surface area contributed by atoms with Gasteiger partial charge in [0.2, 0.25) is 0 Å². The van der Waals surface area contributed by atoms with Crippen molar-refractivity contribution in [3.8, 4) is 0 Å². The molecule has 2 heterocycles. The van der Waals surface area contributed by atoms with E-state index in [1.165, 1.54) is 6.08 Å². The number of phosphoric ester groups is 1. The molecule has 1 aliphatic rings. The molecule has 0 aromatic carbocycles. The largest absolute Gasteiger partial charge is 1.00 e. The van der Waals surface area contributed by atoms with Gasteiger partial charge < -0.3 is 38.3 Å². The summed E-state index contributed by atoms with van der Waals surface area (Å²) in [7, 11) is -11.4. The van der Waals surface area contributed by atoms with E-state index in [-0.39, 0.29) is 95.3 Å². The molecule has 31 heavy (non-hydrogen) atoms. The maximum absolute atomic E-state index is 12.0. The van der Waals surface area contributed by atoms with Crippen molar-refractivity contribution in [2.45, 2.75) is 24.5 Å². The molecular weight excluding hydrogens is 495 g/mol. The van der Waals surface area contributed by atoms with E-state index in [4.69, 9.17) is 9.47 Å². The number of aliphatic hydroxyl groups excluding tert-OH is 1. The Balaban J connectivity index is 0. The maximum Gasteiger partial charge on any atom is 1.00 e. The van der Waals surface area contributed by atoms with Crippen LogP contribution in [0.1, 0.15) is 6.23 Å². The average molecular weight is 510 g/mol. The first-order chi connectivity index (χ1) is 12.9. The quantitative estimate of drug-likeness (QED) is 0.180. The molecule has 19 heteroatoms. The number of H-pyrrole nitrogens is 1. The van der Waals surface area contributed by atoms with Crippen molar-refractivity contribution in [1.82, 2.24) is 9.55 Å². The van der Waals surface area contributed by atoms with E-state index in [1.54, 1.807) is 0 Å². The first kappa shape index (κ1) is 34.7. The fourth-order valence-corrected chi connectivity index (χ4v) is 3.88. The molecule has 0 aliphatic carbocycles. The summed E-state index contributed by atoms with van der Waals surface area (Å²) in [6.07, 6.45) is -3.09. The Kier molecular flexibility index (Phi) is 16.6.